The van der Waals surface area contributed by atoms with Crippen molar-refractivity contribution >= 4 is 35.2 Å². The molecule has 6 nitrogen and oxygen atoms in total. The first-order chi connectivity index (χ1) is 8.06. The summed E-state index contributed by atoms with van der Waals surface area (Å²) in [6.07, 6.45) is 2.28. The van der Waals surface area contributed by atoms with E-state index in [1.807, 2.05) is 6.26 Å². The normalized spacial score (nSPS) is 12.1. The number of nitrogens with zero attached hydrogens (tertiary/aromatic N) is 2. The number of carboxylic acids is 1. The van der Waals surface area contributed by atoms with Crippen LogP contribution >= 0.6 is 23.3 Å². The summed E-state index contributed by atoms with van der Waals surface area (Å²) in [6.45, 7) is 1.66. The van der Waals surface area contributed by atoms with E-state index in [-0.39, 0.29) is 0 Å². The maximum absolute atomic E-state index is 11.8. The summed E-state index contributed by atoms with van der Waals surface area (Å²) in [7, 11) is 0. The lowest BCUT2D eigenvalue weighted by Gasteiger charge is -2.12. The Morgan fingerprint density at radius 2 is 2.29 bits per heavy atom. The van der Waals surface area contributed by atoms with Crippen molar-refractivity contribution in [3.63, 3.8) is 0 Å². The van der Waals surface area contributed by atoms with Gasteiger partial charge in [-0.3, -0.25) is 4.79 Å². The van der Waals surface area contributed by atoms with Crippen LogP contribution in [-0.2, 0) is 4.79 Å². The van der Waals surface area contributed by atoms with Gasteiger partial charge in [0.15, 0.2) is 0 Å². The minimum absolute atomic E-state index is 0.361. The number of aromatic nitrogens is 2. The minimum Gasteiger partial charge on any atom is -0.480 e. The van der Waals surface area contributed by atoms with Gasteiger partial charge in [0.05, 0.1) is 5.69 Å². The van der Waals surface area contributed by atoms with Gasteiger partial charge in [-0.1, -0.05) is 4.49 Å². The number of thioether (sulfide) groups is 1. The van der Waals surface area contributed by atoms with Crippen molar-refractivity contribution in [1.29, 1.82) is 0 Å². The van der Waals surface area contributed by atoms with Crippen molar-refractivity contribution in [2.45, 2.75) is 19.4 Å². The second-order valence-corrected chi connectivity index (χ2v) is 5.07. The van der Waals surface area contributed by atoms with Crippen LogP contribution in [0.15, 0.2) is 0 Å². The minimum atomic E-state index is -1.03. The first-order valence-electron chi connectivity index (χ1n) is 4.87. The number of rotatable bonds is 6. The molecule has 0 bridgehead atoms. The van der Waals surface area contributed by atoms with E-state index < -0.39 is 17.9 Å². The highest BCUT2D eigenvalue weighted by atomic mass is 32.2. The third-order valence-corrected chi connectivity index (χ3v) is 3.54. The number of amides is 1. The van der Waals surface area contributed by atoms with E-state index in [9.17, 15) is 9.59 Å². The van der Waals surface area contributed by atoms with Crippen molar-refractivity contribution in [2.75, 3.05) is 12.0 Å². The van der Waals surface area contributed by atoms with E-state index in [4.69, 9.17) is 5.11 Å². The molecule has 0 aliphatic rings. The van der Waals surface area contributed by atoms with Crippen LogP contribution in [0.2, 0.25) is 0 Å². The molecule has 0 aromatic carbocycles. The van der Waals surface area contributed by atoms with Crippen molar-refractivity contribution in [3.05, 3.63) is 10.6 Å². The standard InChI is InChI=1S/C9H13N3O3S2/c1-5-7(17-12-11-5)8(13)10-6(9(14)15)3-4-16-2/h6H,3-4H2,1-2H3,(H,10,13)(H,14,15)/t6-/m0/s1. The highest BCUT2D eigenvalue weighted by molar-refractivity contribution is 7.98. The number of hydrogen-bond donors (Lipinski definition) is 2. The molecule has 1 aromatic rings. The number of hydrogen-bond acceptors (Lipinski definition) is 6. The molecule has 8 heteroatoms. The predicted molar refractivity (Wildman–Crippen MR) is 66.5 cm³/mol. The van der Waals surface area contributed by atoms with Crippen LogP contribution in [-0.4, -0.2) is 44.6 Å². The Morgan fingerprint density at radius 3 is 2.76 bits per heavy atom. The van der Waals surface area contributed by atoms with E-state index in [2.05, 4.69) is 14.9 Å². The van der Waals surface area contributed by atoms with E-state index in [0.29, 0.717) is 22.7 Å². The van der Waals surface area contributed by atoms with E-state index >= 15 is 0 Å². The predicted octanol–water partition coefficient (Wildman–Crippen LogP) is 0.783. The summed E-state index contributed by atoms with van der Waals surface area (Å²) in [5, 5.41) is 15.1. The maximum atomic E-state index is 11.8. The van der Waals surface area contributed by atoms with Gasteiger partial charge in [0.1, 0.15) is 10.9 Å². The monoisotopic (exact) mass is 275 g/mol. The first-order valence-corrected chi connectivity index (χ1v) is 7.04. The Kier molecular flexibility index (Phi) is 5.36. The van der Waals surface area contributed by atoms with Gasteiger partial charge in [0.25, 0.3) is 5.91 Å². The molecule has 1 heterocycles. The second kappa shape index (κ2) is 6.55. The Bertz CT molecular complexity index is 408. The molecule has 0 radical (unpaired) electrons. The number of aliphatic carboxylic acids is 1. The molecular formula is C9H13N3O3S2. The molecule has 2 N–H and O–H groups in total. The van der Waals surface area contributed by atoms with Crippen molar-refractivity contribution in [2.24, 2.45) is 0 Å². The molecular weight excluding hydrogens is 262 g/mol. The van der Waals surface area contributed by atoms with Gasteiger partial charge in [-0.25, -0.2) is 4.79 Å². The Balaban J connectivity index is 2.64. The summed E-state index contributed by atoms with van der Waals surface area (Å²) in [5.41, 5.74) is 0.515. The molecule has 0 aliphatic heterocycles. The van der Waals surface area contributed by atoms with Crippen LogP contribution in [0.4, 0.5) is 0 Å². The van der Waals surface area contributed by atoms with Gasteiger partial charge in [0.2, 0.25) is 0 Å². The molecule has 17 heavy (non-hydrogen) atoms. The lowest BCUT2D eigenvalue weighted by molar-refractivity contribution is -0.139. The number of aryl methyl sites for hydroxylation is 1. The molecule has 0 fully saturated rings. The van der Waals surface area contributed by atoms with Crippen molar-refractivity contribution < 1.29 is 14.7 Å². The molecule has 94 valence electrons. The zero-order valence-corrected chi connectivity index (χ0v) is 11.1. The van der Waals surface area contributed by atoms with Gasteiger partial charge < -0.3 is 10.4 Å². The largest absolute Gasteiger partial charge is 0.480 e. The van der Waals surface area contributed by atoms with Gasteiger partial charge in [-0.05, 0) is 36.9 Å². The smallest absolute Gasteiger partial charge is 0.326 e. The topological polar surface area (TPSA) is 92.2 Å². The Hall–Kier alpha value is -1.15. The van der Waals surface area contributed by atoms with E-state index in [0.717, 1.165) is 11.5 Å². The van der Waals surface area contributed by atoms with Crippen LogP contribution < -0.4 is 5.32 Å². The molecule has 0 saturated carbocycles. The van der Waals surface area contributed by atoms with Gasteiger partial charge >= 0.3 is 5.97 Å². The van der Waals surface area contributed by atoms with E-state index in [1.54, 1.807) is 6.92 Å². The van der Waals surface area contributed by atoms with Crippen LogP contribution in [0.3, 0.4) is 0 Å². The summed E-state index contributed by atoms with van der Waals surface area (Å²) >= 11 is 2.50. The highest BCUT2D eigenvalue weighted by Gasteiger charge is 2.22. The quantitative estimate of drug-likeness (QED) is 0.797. The molecule has 0 unspecified atom stereocenters. The number of carbonyl (C=O) groups is 2. The molecule has 1 aromatic heterocycles. The van der Waals surface area contributed by atoms with Crippen LogP contribution in [0.25, 0.3) is 0 Å². The molecule has 0 saturated heterocycles. The number of carbonyl (C=O) groups excluding carboxylic acids is 1. The fourth-order valence-electron chi connectivity index (χ4n) is 1.16. The third kappa shape index (κ3) is 3.97. The Labute approximate surface area is 107 Å². The lowest BCUT2D eigenvalue weighted by atomic mass is 10.2. The lowest BCUT2D eigenvalue weighted by Crippen LogP contribution is -2.41. The van der Waals surface area contributed by atoms with Crippen LogP contribution in [0.5, 0.6) is 0 Å². The van der Waals surface area contributed by atoms with Gasteiger partial charge in [-0.2, -0.15) is 11.8 Å². The van der Waals surface area contributed by atoms with E-state index in [1.165, 1.54) is 11.8 Å². The average Bonchev–Trinajstić information content (AvgIpc) is 2.70. The summed E-state index contributed by atoms with van der Waals surface area (Å²) in [4.78, 5) is 23.1. The van der Waals surface area contributed by atoms with Crippen LogP contribution in [0, 0.1) is 6.92 Å². The van der Waals surface area contributed by atoms with Gasteiger partial charge in [0, 0.05) is 0 Å². The maximum Gasteiger partial charge on any atom is 0.326 e. The van der Waals surface area contributed by atoms with Crippen molar-refractivity contribution in [1.82, 2.24) is 14.9 Å². The second-order valence-electron chi connectivity index (χ2n) is 3.33. The molecule has 1 amide bonds. The summed E-state index contributed by atoms with van der Waals surface area (Å²) < 4.78 is 3.64. The SMILES string of the molecule is CSCC[C@H](NC(=O)c1snnc1C)C(=O)O. The molecule has 0 spiro atoms. The zero-order chi connectivity index (χ0) is 12.8. The third-order valence-electron chi connectivity index (χ3n) is 2.07. The molecule has 1 atom stereocenters. The number of nitrogens with one attached hydrogen (secondary N) is 1. The fourth-order valence-corrected chi connectivity index (χ4v) is 2.19. The molecule has 0 aliphatic carbocycles. The van der Waals surface area contributed by atoms with Gasteiger partial charge in [-0.15, -0.1) is 5.10 Å². The first kappa shape index (κ1) is 13.9. The Morgan fingerprint density at radius 1 is 1.59 bits per heavy atom. The van der Waals surface area contributed by atoms with Crippen LogP contribution in [0.1, 0.15) is 21.8 Å². The molecule has 1 rings (SSSR count). The summed E-state index contributed by atoms with van der Waals surface area (Å²) in [6, 6.07) is -0.864. The zero-order valence-electron chi connectivity index (χ0n) is 9.47. The van der Waals surface area contributed by atoms with Crippen molar-refractivity contribution in [3.8, 4) is 0 Å². The summed E-state index contributed by atoms with van der Waals surface area (Å²) in [5.74, 6) is -0.773. The average molecular weight is 275 g/mol. The number of carboxylic acid groups (broad SMARTS) is 1. The highest BCUT2D eigenvalue weighted by Crippen LogP contribution is 2.10. The fraction of sp³-hybridized carbons (Fsp3) is 0.556.